The van der Waals surface area contributed by atoms with Crippen molar-refractivity contribution in [3.63, 3.8) is 0 Å². The summed E-state index contributed by atoms with van der Waals surface area (Å²) in [5, 5.41) is 0. The first-order valence-corrected chi connectivity index (χ1v) is 8.24. The van der Waals surface area contributed by atoms with Crippen LogP contribution >= 0.6 is 0 Å². The van der Waals surface area contributed by atoms with E-state index in [0.29, 0.717) is 5.56 Å². The average Bonchev–Trinajstić information content (AvgIpc) is 2.59. The molecule has 0 atom stereocenters. The average molecular weight is 347 g/mol. The summed E-state index contributed by atoms with van der Waals surface area (Å²) in [5.41, 5.74) is 13.4. The smallest absolute Gasteiger partial charge is 0.220 e. The normalized spacial score (nSPS) is 16.3. The van der Waals surface area contributed by atoms with Crippen molar-refractivity contribution in [3.05, 3.63) is 71.8 Å². The van der Waals surface area contributed by atoms with Crippen molar-refractivity contribution in [3.8, 4) is 0 Å². The molecule has 2 aromatic rings. The van der Waals surface area contributed by atoms with Crippen molar-refractivity contribution in [1.29, 1.82) is 0 Å². The standard InChI is InChI=1S/C20H21N5O/c1-20(2)24-18(21)23-19(22)25(20)16-11-9-15(10-12-16)17(26)13-8-14-6-4-3-5-7-14/h3-13H,1-2H3,(H4,21,22,23,24)/b13-8+. The minimum atomic E-state index is -0.658. The number of ketones is 1. The van der Waals surface area contributed by atoms with E-state index in [0.717, 1.165) is 11.3 Å². The lowest BCUT2D eigenvalue weighted by Crippen LogP contribution is -2.54. The van der Waals surface area contributed by atoms with Gasteiger partial charge in [-0.25, -0.2) is 4.99 Å². The Hall–Kier alpha value is -3.41. The van der Waals surface area contributed by atoms with E-state index >= 15 is 0 Å². The Bertz CT molecular complexity index is 896. The van der Waals surface area contributed by atoms with Crippen molar-refractivity contribution in [2.75, 3.05) is 4.90 Å². The highest BCUT2D eigenvalue weighted by Crippen LogP contribution is 2.27. The molecule has 6 nitrogen and oxygen atoms in total. The van der Waals surface area contributed by atoms with Crippen LogP contribution in [0.2, 0.25) is 0 Å². The van der Waals surface area contributed by atoms with E-state index in [1.165, 1.54) is 0 Å². The van der Waals surface area contributed by atoms with Gasteiger partial charge in [0, 0.05) is 11.3 Å². The first-order valence-electron chi connectivity index (χ1n) is 8.24. The van der Waals surface area contributed by atoms with E-state index < -0.39 is 5.66 Å². The fraction of sp³-hybridized carbons (Fsp3) is 0.150. The van der Waals surface area contributed by atoms with Gasteiger partial charge in [0.1, 0.15) is 5.66 Å². The van der Waals surface area contributed by atoms with Gasteiger partial charge in [-0.15, -0.1) is 0 Å². The van der Waals surface area contributed by atoms with Gasteiger partial charge in [-0.1, -0.05) is 36.4 Å². The van der Waals surface area contributed by atoms with E-state index in [1.807, 2.05) is 56.3 Å². The molecule has 1 aliphatic rings. The molecule has 0 aliphatic carbocycles. The molecule has 6 heteroatoms. The molecule has 2 aromatic carbocycles. The predicted octanol–water partition coefficient (Wildman–Crippen LogP) is 2.77. The van der Waals surface area contributed by atoms with E-state index in [2.05, 4.69) is 9.98 Å². The number of allylic oxidation sites excluding steroid dienone is 1. The second-order valence-corrected chi connectivity index (χ2v) is 6.42. The van der Waals surface area contributed by atoms with Gasteiger partial charge < -0.3 is 11.5 Å². The van der Waals surface area contributed by atoms with Gasteiger partial charge in [0.05, 0.1) is 0 Å². The van der Waals surface area contributed by atoms with Crippen LogP contribution in [0.1, 0.15) is 29.8 Å². The van der Waals surface area contributed by atoms with E-state index in [4.69, 9.17) is 11.5 Å². The predicted molar refractivity (Wildman–Crippen MR) is 106 cm³/mol. The largest absolute Gasteiger partial charge is 0.369 e. The van der Waals surface area contributed by atoms with Gasteiger partial charge in [-0.2, -0.15) is 4.99 Å². The van der Waals surface area contributed by atoms with Crippen molar-refractivity contribution in [2.45, 2.75) is 19.5 Å². The Labute approximate surface area is 152 Å². The first-order chi connectivity index (χ1) is 12.4. The molecule has 0 spiro atoms. The van der Waals surface area contributed by atoms with Gasteiger partial charge in [-0.05, 0) is 49.8 Å². The molecule has 132 valence electrons. The van der Waals surface area contributed by atoms with Crippen molar-refractivity contribution < 1.29 is 4.79 Å². The molecule has 1 aliphatic heterocycles. The second-order valence-electron chi connectivity index (χ2n) is 6.42. The third-order valence-corrected chi connectivity index (χ3v) is 4.03. The van der Waals surface area contributed by atoms with Gasteiger partial charge in [-0.3, -0.25) is 9.69 Å². The fourth-order valence-electron chi connectivity index (χ4n) is 2.86. The minimum absolute atomic E-state index is 0.0674. The summed E-state index contributed by atoms with van der Waals surface area (Å²) in [6, 6.07) is 16.9. The molecule has 1 heterocycles. The summed E-state index contributed by atoms with van der Waals surface area (Å²) >= 11 is 0. The Morgan fingerprint density at radius 2 is 1.69 bits per heavy atom. The van der Waals surface area contributed by atoms with E-state index in [9.17, 15) is 4.79 Å². The fourth-order valence-corrected chi connectivity index (χ4v) is 2.86. The maximum Gasteiger partial charge on any atom is 0.220 e. The lowest BCUT2D eigenvalue weighted by atomic mass is 10.1. The molecule has 4 N–H and O–H groups in total. The van der Waals surface area contributed by atoms with Crippen molar-refractivity contribution >= 4 is 29.5 Å². The van der Waals surface area contributed by atoms with Gasteiger partial charge >= 0.3 is 0 Å². The van der Waals surface area contributed by atoms with Crippen LogP contribution in [0.15, 0.2) is 70.7 Å². The third-order valence-electron chi connectivity index (χ3n) is 4.03. The molecule has 3 rings (SSSR count). The van der Waals surface area contributed by atoms with Crippen molar-refractivity contribution in [1.82, 2.24) is 0 Å². The number of guanidine groups is 2. The monoisotopic (exact) mass is 347 g/mol. The molecular weight excluding hydrogens is 326 g/mol. The number of aliphatic imine (C=N–C) groups is 2. The summed E-state index contributed by atoms with van der Waals surface area (Å²) in [7, 11) is 0. The SMILES string of the molecule is CC1(C)N=C(N)N=C(N)N1c1ccc(C(=O)/C=C/c2ccccc2)cc1. The lowest BCUT2D eigenvalue weighted by molar-refractivity contribution is 0.104. The number of carbonyl (C=O) groups is 1. The topological polar surface area (TPSA) is 97.1 Å². The third kappa shape index (κ3) is 3.64. The van der Waals surface area contributed by atoms with Gasteiger partial charge in [0.2, 0.25) is 11.9 Å². The Balaban J connectivity index is 1.80. The van der Waals surface area contributed by atoms with Gasteiger partial charge in [0.25, 0.3) is 0 Å². The molecule has 0 saturated carbocycles. The number of carbonyl (C=O) groups excluding carboxylic acids is 1. The zero-order chi connectivity index (χ0) is 18.7. The van der Waals surface area contributed by atoms with Crippen LogP contribution in [0, 0.1) is 0 Å². The molecule has 0 bridgehead atoms. The zero-order valence-corrected chi connectivity index (χ0v) is 14.8. The quantitative estimate of drug-likeness (QED) is 0.656. The molecule has 0 aromatic heterocycles. The van der Waals surface area contributed by atoms with Crippen LogP contribution in [0.25, 0.3) is 6.08 Å². The molecule has 0 amide bonds. The summed E-state index contributed by atoms with van der Waals surface area (Å²) in [6.07, 6.45) is 3.36. The minimum Gasteiger partial charge on any atom is -0.369 e. The lowest BCUT2D eigenvalue weighted by Gasteiger charge is -2.38. The zero-order valence-electron chi connectivity index (χ0n) is 14.8. The molecular formula is C20H21N5O. The van der Waals surface area contributed by atoms with Crippen LogP contribution in [-0.2, 0) is 0 Å². The Kier molecular flexibility index (Phi) is 4.58. The maximum atomic E-state index is 12.4. The molecule has 0 unspecified atom stereocenters. The molecule has 26 heavy (non-hydrogen) atoms. The number of anilines is 1. The van der Waals surface area contributed by atoms with Crippen LogP contribution < -0.4 is 16.4 Å². The maximum absolute atomic E-state index is 12.4. The van der Waals surface area contributed by atoms with Gasteiger partial charge in [0.15, 0.2) is 5.78 Å². The van der Waals surface area contributed by atoms with Crippen LogP contribution in [0.3, 0.4) is 0 Å². The number of hydrogen-bond donors (Lipinski definition) is 2. The second kappa shape index (κ2) is 6.84. The highest BCUT2D eigenvalue weighted by atomic mass is 16.1. The first kappa shape index (κ1) is 17.4. The van der Waals surface area contributed by atoms with E-state index in [1.54, 1.807) is 29.2 Å². The van der Waals surface area contributed by atoms with Crippen LogP contribution in [0.5, 0.6) is 0 Å². The summed E-state index contributed by atoms with van der Waals surface area (Å²) in [6.45, 7) is 3.78. The summed E-state index contributed by atoms with van der Waals surface area (Å²) < 4.78 is 0. The van der Waals surface area contributed by atoms with E-state index in [-0.39, 0.29) is 17.7 Å². The highest BCUT2D eigenvalue weighted by molar-refractivity contribution is 6.08. The number of benzene rings is 2. The van der Waals surface area contributed by atoms with Crippen LogP contribution in [-0.4, -0.2) is 23.4 Å². The summed E-state index contributed by atoms with van der Waals surface area (Å²) in [5.74, 6) is 0.356. The molecule has 0 fully saturated rings. The van der Waals surface area contributed by atoms with Crippen molar-refractivity contribution in [2.24, 2.45) is 21.5 Å². The number of rotatable bonds is 4. The summed E-state index contributed by atoms with van der Waals surface area (Å²) in [4.78, 5) is 22.5. The Morgan fingerprint density at radius 3 is 2.31 bits per heavy atom. The van der Waals surface area contributed by atoms with Crippen LogP contribution in [0.4, 0.5) is 5.69 Å². The number of nitrogens with zero attached hydrogens (tertiary/aromatic N) is 3. The highest BCUT2D eigenvalue weighted by Gasteiger charge is 2.32. The molecule has 0 radical (unpaired) electrons. The Morgan fingerprint density at radius 1 is 1.04 bits per heavy atom. The molecule has 0 saturated heterocycles. The number of hydrogen-bond acceptors (Lipinski definition) is 6. The number of nitrogens with two attached hydrogens (primary N) is 2.